The predicted octanol–water partition coefficient (Wildman–Crippen LogP) is 1.06. The van der Waals surface area contributed by atoms with E-state index in [9.17, 15) is 9.59 Å². The molecule has 78 valence electrons. The third-order valence-corrected chi connectivity index (χ3v) is 2.33. The van der Waals surface area contributed by atoms with E-state index in [1.807, 2.05) is 0 Å². The molecule has 1 saturated heterocycles. The van der Waals surface area contributed by atoms with Crippen LogP contribution in [0.15, 0.2) is 11.6 Å². The van der Waals surface area contributed by atoms with E-state index in [1.54, 1.807) is 13.0 Å². The highest BCUT2D eigenvalue weighted by molar-refractivity contribution is 5.90. The first-order valence-corrected chi connectivity index (χ1v) is 4.59. The standard InChI is InChI=1S/C10H14O4/c1-3-8-7(6-9(11)13-2)4-5-14-10(8)12/h3,7H,4-6H2,1-2H3. The van der Waals surface area contributed by atoms with E-state index < -0.39 is 0 Å². The first-order chi connectivity index (χ1) is 6.69. The van der Waals surface area contributed by atoms with Crippen molar-refractivity contribution in [3.05, 3.63) is 11.6 Å². The number of hydrogen-bond donors (Lipinski definition) is 0. The number of allylic oxidation sites excluding steroid dienone is 1. The molecule has 1 rings (SSSR count). The zero-order valence-corrected chi connectivity index (χ0v) is 8.41. The summed E-state index contributed by atoms with van der Waals surface area (Å²) in [5, 5.41) is 0. The molecule has 14 heavy (non-hydrogen) atoms. The maximum absolute atomic E-state index is 11.3. The molecule has 4 heteroatoms. The molecule has 0 spiro atoms. The Hall–Kier alpha value is -1.32. The maximum Gasteiger partial charge on any atom is 0.333 e. The van der Waals surface area contributed by atoms with Crippen molar-refractivity contribution >= 4 is 11.9 Å². The largest absolute Gasteiger partial charge is 0.469 e. The van der Waals surface area contributed by atoms with Gasteiger partial charge in [-0.05, 0) is 13.3 Å². The van der Waals surface area contributed by atoms with Crippen molar-refractivity contribution in [3.8, 4) is 0 Å². The molecule has 0 bridgehead atoms. The van der Waals surface area contributed by atoms with Crippen LogP contribution in [-0.4, -0.2) is 25.7 Å². The van der Waals surface area contributed by atoms with E-state index in [0.717, 1.165) is 0 Å². The van der Waals surface area contributed by atoms with Crippen molar-refractivity contribution in [3.63, 3.8) is 0 Å². The SMILES string of the molecule is CC=C1C(=O)OCCC1CC(=O)OC. The summed E-state index contributed by atoms with van der Waals surface area (Å²) in [6.07, 6.45) is 2.65. The van der Waals surface area contributed by atoms with E-state index >= 15 is 0 Å². The second-order valence-corrected chi connectivity index (χ2v) is 3.15. The van der Waals surface area contributed by atoms with Gasteiger partial charge in [0.05, 0.1) is 20.1 Å². The third-order valence-electron chi connectivity index (χ3n) is 2.33. The molecule has 1 atom stereocenters. The molecule has 0 aromatic heterocycles. The lowest BCUT2D eigenvalue weighted by Crippen LogP contribution is -2.26. The van der Waals surface area contributed by atoms with Crippen molar-refractivity contribution in [2.24, 2.45) is 5.92 Å². The summed E-state index contributed by atoms with van der Waals surface area (Å²) in [5.41, 5.74) is 0.585. The first kappa shape index (κ1) is 10.8. The van der Waals surface area contributed by atoms with Gasteiger partial charge in [0.15, 0.2) is 0 Å². The van der Waals surface area contributed by atoms with Crippen LogP contribution in [0.5, 0.6) is 0 Å². The van der Waals surface area contributed by atoms with Crippen LogP contribution in [0.1, 0.15) is 19.8 Å². The Morgan fingerprint density at radius 1 is 1.71 bits per heavy atom. The Bertz CT molecular complexity index is 267. The monoisotopic (exact) mass is 198 g/mol. The Balaban J connectivity index is 2.66. The van der Waals surface area contributed by atoms with Gasteiger partial charge in [-0.1, -0.05) is 6.08 Å². The normalized spacial score (nSPS) is 24.6. The first-order valence-electron chi connectivity index (χ1n) is 4.59. The Kier molecular flexibility index (Phi) is 3.68. The molecule has 0 aromatic carbocycles. The van der Waals surface area contributed by atoms with Crippen LogP contribution in [0.2, 0.25) is 0 Å². The minimum Gasteiger partial charge on any atom is -0.469 e. The average Bonchev–Trinajstić information content (AvgIpc) is 2.18. The Morgan fingerprint density at radius 2 is 2.43 bits per heavy atom. The molecule has 0 aromatic rings. The van der Waals surface area contributed by atoms with E-state index in [-0.39, 0.29) is 24.3 Å². The second kappa shape index (κ2) is 4.79. The number of ether oxygens (including phenoxy) is 2. The van der Waals surface area contributed by atoms with Gasteiger partial charge < -0.3 is 9.47 Å². The molecule has 1 heterocycles. The predicted molar refractivity (Wildman–Crippen MR) is 49.5 cm³/mol. The van der Waals surface area contributed by atoms with Crippen LogP contribution in [0, 0.1) is 5.92 Å². The molecule has 1 aliphatic rings. The summed E-state index contributed by atoms with van der Waals surface area (Å²) in [4.78, 5) is 22.3. The fourth-order valence-corrected chi connectivity index (χ4v) is 1.55. The Labute approximate surface area is 82.9 Å². The summed E-state index contributed by atoms with van der Waals surface area (Å²) < 4.78 is 9.43. The molecular formula is C10H14O4. The number of esters is 2. The van der Waals surface area contributed by atoms with Gasteiger partial charge in [-0.25, -0.2) is 4.79 Å². The lowest BCUT2D eigenvalue weighted by atomic mass is 9.90. The smallest absolute Gasteiger partial charge is 0.333 e. The lowest BCUT2D eigenvalue weighted by Gasteiger charge is -2.23. The van der Waals surface area contributed by atoms with Crippen LogP contribution in [-0.2, 0) is 19.1 Å². The van der Waals surface area contributed by atoms with Crippen LogP contribution in [0.4, 0.5) is 0 Å². The number of carbonyl (C=O) groups is 2. The number of cyclic esters (lactones) is 1. The number of hydrogen-bond acceptors (Lipinski definition) is 4. The molecular weight excluding hydrogens is 184 g/mol. The number of rotatable bonds is 2. The van der Waals surface area contributed by atoms with Gasteiger partial charge in [0.25, 0.3) is 0 Å². The zero-order chi connectivity index (χ0) is 10.6. The minimum absolute atomic E-state index is 0.0475. The summed E-state index contributed by atoms with van der Waals surface area (Å²) in [7, 11) is 1.35. The van der Waals surface area contributed by atoms with Crippen molar-refractivity contribution in [2.75, 3.05) is 13.7 Å². The lowest BCUT2D eigenvalue weighted by molar-refractivity contribution is -0.145. The average molecular weight is 198 g/mol. The molecule has 0 N–H and O–H groups in total. The molecule has 1 aliphatic heterocycles. The summed E-state index contributed by atoms with van der Waals surface area (Å²) in [6, 6.07) is 0. The quantitative estimate of drug-likeness (QED) is 0.491. The third kappa shape index (κ3) is 2.34. The van der Waals surface area contributed by atoms with E-state index in [4.69, 9.17) is 4.74 Å². The topological polar surface area (TPSA) is 52.6 Å². The number of methoxy groups -OCH3 is 1. The van der Waals surface area contributed by atoms with Gasteiger partial charge in [-0.15, -0.1) is 0 Å². The van der Waals surface area contributed by atoms with Gasteiger partial charge in [0, 0.05) is 11.5 Å². The molecule has 0 radical (unpaired) electrons. The van der Waals surface area contributed by atoms with Gasteiger partial charge in [-0.2, -0.15) is 0 Å². The van der Waals surface area contributed by atoms with Crippen molar-refractivity contribution in [1.82, 2.24) is 0 Å². The van der Waals surface area contributed by atoms with E-state index in [1.165, 1.54) is 7.11 Å². The zero-order valence-electron chi connectivity index (χ0n) is 8.41. The highest BCUT2D eigenvalue weighted by atomic mass is 16.5. The fraction of sp³-hybridized carbons (Fsp3) is 0.600. The minimum atomic E-state index is -0.312. The van der Waals surface area contributed by atoms with Gasteiger partial charge >= 0.3 is 11.9 Å². The second-order valence-electron chi connectivity index (χ2n) is 3.15. The van der Waals surface area contributed by atoms with Crippen molar-refractivity contribution in [2.45, 2.75) is 19.8 Å². The summed E-state index contributed by atoms with van der Waals surface area (Å²) >= 11 is 0. The number of carbonyl (C=O) groups excluding carboxylic acids is 2. The van der Waals surface area contributed by atoms with Crippen molar-refractivity contribution in [1.29, 1.82) is 0 Å². The van der Waals surface area contributed by atoms with Crippen LogP contribution < -0.4 is 0 Å². The molecule has 1 fully saturated rings. The molecule has 1 unspecified atom stereocenters. The molecule has 0 aliphatic carbocycles. The van der Waals surface area contributed by atoms with Crippen LogP contribution >= 0.6 is 0 Å². The molecule has 0 saturated carbocycles. The fourth-order valence-electron chi connectivity index (χ4n) is 1.55. The highest BCUT2D eigenvalue weighted by Gasteiger charge is 2.28. The van der Waals surface area contributed by atoms with Gasteiger partial charge in [-0.3, -0.25) is 4.79 Å². The highest BCUT2D eigenvalue weighted by Crippen LogP contribution is 2.25. The molecule has 4 nitrogen and oxygen atoms in total. The van der Waals surface area contributed by atoms with E-state index in [2.05, 4.69) is 4.74 Å². The Morgan fingerprint density at radius 3 is 3.00 bits per heavy atom. The van der Waals surface area contributed by atoms with E-state index in [0.29, 0.717) is 18.6 Å². The summed E-state index contributed by atoms with van der Waals surface area (Å²) in [6.45, 7) is 2.16. The van der Waals surface area contributed by atoms with Gasteiger partial charge in [0.1, 0.15) is 0 Å². The van der Waals surface area contributed by atoms with Crippen LogP contribution in [0.25, 0.3) is 0 Å². The summed E-state index contributed by atoms with van der Waals surface area (Å²) in [5.74, 6) is -0.648. The maximum atomic E-state index is 11.3. The molecule has 0 amide bonds. The van der Waals surface area contributed by atoms with Crippen molar-refractivity contribution < 1.29 is 19.1 Å². The van der Waals surface area contributed by atoms with Gasteiger partial charge in [0.2, 0.25) is 0 Å². The van der Waals surface area contributed by atoms with Crippen LogP contribution in [0.3, 0.4) is 0 Å².